The number of rotatable bonds is 2. The van der Waals surface area contributed by atoms with E-state index in [0.717, 1.165) is 38.3 Å². The van der Waals surface area contributed by atoms with E-state index >= 15 is 0 Å². The molecule has 0 aliphatic carbocycles. The van der Waals surface area contributed by atoms with Crippen molar-refractivity contribution in [1.29, 1.82) is 0 Å². The normalized spacial score (nSPS) is 30.8. The van der Waals surface area contributed by atoms with Gasteiger partial charge >= 0.3 is 0 Å². The van der Waals surface area contributed by atoms with Crippen molar-refractivity contribution in [2.24, 2.45) is 0 Å². The van der Waals surface area contributed by atoms with Crippen LogP contribution in [0.1, 0.15) is 56.0 Å². The Morgan fingerprint density at radius 3 is 2.75 bits per heavy atom. The molecule has 5 nitrogen and oxygen atoms in total. The molecule has 16 heavy (non-hydrogen) atoms. The van der Waals surface area contributed by atoms with Gasteiger partial charge in [-0.15, -0.1) is 10.2 Å². The average Bonchev–Trinajstić information content (AvgIpc) is 3.01. The van der Waals surface area contributed by atoms with Gasteiger partial charge in [0, 0.05) is 6.61 Å². The largest absolute Gasteiger partial charge is 0.421 e. The van der Waals surface area contributed by atoms with Gasteiger partial charge in [0.2, 0.25) is 11.8 Å². The molecule has 3 heterocycles. The van der Waals surface area contributed by atoms with Crippen molar-refractivity contribution in [2.45, 2.75) is 44.2 Å². The maximum atomic E-state index is 5.70. The number of ether oxygens (including phenoxy) is 1. The van der Waals surface area contributed by atoms with Crippen molar-refractivity contribution in [3.05, 3.63) is 11.8 Å². The number of aromatic nitrogens is 2. The molecular formula is C11H17N3O2. The van der Waals surface area contributed by atoms with Crippen molar-refractivity contribution < 1.29 is 9.15 Å². The fourth-order valence-electron chi connectivity index (χ4n) is 2.35. The molecule has 2 fully saturated rings. The van der Waals surface area contributed by atoms with Crippen LogP contribution >= 0.6 is 0 Å². The first-order chi connectivity index (χ1) is 7.93. The minimum Gasteiger partial charge on any atom is -0.421 e. The fraction of sp³-hybridized carbons (Fsp3) is 0.818. The topological polar surface area (TPSA) is 60.2 Å². The van der Waals surface area contributed by atoms with Gasteiger partial charge in [0.25, 0.3) is 0 Å². The molecule has 1 N–H and O–H groups in total. The first-order valence-corrected chi connectivity index (χ1v) is 6.12. The monoisotopic (exact) mass is 223 g/mol. The Bertz CT molecular complexity index is 341. The van der Waals surface area contributed by atoms with E-state index in [4.69, 9.17) is 9.15 Å². The molecule has 2 atom stereocenters. The smallest absolute Gasteiger partial charge is 0.245 e. The first-order valence-electron chi connectivity index (χ1n) is 6.12. The maximum Gasteiger partial charge on any atom is 0.245 e. The van der Waals surface area contributed by atoms with Crippen LogP contribution < -0.4 is 5.32 Å². The van der Waals surface area contributed by atoms with Gasteiger partial charge < -0.3 is 14.5 Å². The molecule has 1 aromatic heterocycles. The molecule has 3 rings (SSSR count). The second-order valence-electron chi connectivity index (χ2n) is 4.48. The molecule has 0 aromatic carbocycles. The summed E-state index contributed by atoms with van der Waals surface area (Å²) in [5.74, 6) is 1.38. The van der Waals surface area contributed by atoms with Crippen molar-refractivity contribution >= 4 is 0 Å². The number of nitrogens with one attached hydrogen (secondary N) is 1. The van der Waals surface area contributed by atoms with Gasteiger partial charge in [-0.25, -0.2) is 0 Å². The highest BCUT2D eigenvalue weighted by Gasteiger charge is 2.26. The summed E-state index contributed by atoms with van der Waals surface area (Å²) in [7, 11) is 0. The lowest BCUT2D eigenvalue weighted by atomic mass is 10.1. The Balaban J connectivity index is 1.71. The third kappa shape index (κ3) is 1.97. The van der Waals surface area contributed by atoms with Gasteiger partial charge in [0.1, 0.15) is 6.10 Å². The quantitative estimate of drug-likeness (QED) is 0.827. The molecule has 0 amide bonds. The second-order valence-corrected chi connectivity index (χ2v) is 4.48. The predicted molar refractivity (Wildman–Crippen MR) is 56.8 cm³/mol. The van der Waals surface area contributed by atoms with E-state index in [0.29, 0.717) is 5.89 Å². The predicted octanol–water partition coefficient (Wildman–Crippen LogP) is 1.74. The molecule has 2 aliphatic heterocycles. The number of hydrogen-bond acceptors (Lipinski definition) is 5. The molecule has 2 aliphatic rings. The van der Waals surface area contributed by atoms with Gasteiger partial charge in [-0.2, -0.15) is 0 Å². The third-order valence-corrected chi connectivity index (χ3v) is 3.27. The van der Waals surface area contributed by atoms with Crippen LogP contribution in [-0.2, 0) is 4.74 Å². The molecule has 5 heteroatoms. The summed E-state index contributed by atoms with van der Waals surface area (Å²) < 4.78 is 11.2. The van der Waals surface area contributed by atoms with Gasteiger partial charge in [0.05, 0.1) is 6.04 Å². The van der Waals surface area contributed by atoms with Gasteiger partial charge in [-0.05, 0) is 32.2 Å². The fourth-order valence-corrected chi connectivity index (χ4v) is 2.35. The van der Waals surface area contributed by atoms with Crippen LogP contribution in [-0.4, -0.2) is 23.3 Å². The molecule has 0 saturated carbocycles. The second kappa shape index (κ2) is 4.51. The van der Waals surface area contributed by atoms with Crippen LogP contribution in [0.4, 0.5) is 0 Å². The van der Waals surface area contributed by atoms with Crippen molar-refractivity contribution in [3.63, 3.8) is 0 Å². The lowest BCUT2D eigenvalue weighted by Gasteiger charge is -2.19. The van der Waals surface area contributed by atoms with Crippen LogP contribution in [0, 0.1) is 0 Å². The molecular weight excluding hydrogens is 206 g/mol. The van der Waals surface area contributed by atoms with E-state index in [1.807, 2.05) is 0 Å². The average molecular weight is 223 g/mol. The van der Waals surface area contributed by atoms with Crippen molar-refractivity contribution in [3.8, 4) is 0 Å². The highest BCUT2D eigenvalue weighted by Crippen LogP contribution is 2.29. The summed E-state index contributed by atoms with van der Waals surface area (Å²) in [6, 6.07) is 0.247. The molecule has 0 unspecified atom stereocenters. The van der Waals surface area contributed by atoms with E-state index in [9.17, 15) is 0 Å². The lowest BCUT2D eigenvalue weighted by Crippen LogP contribution is -2.26. The Kier molecular flexibility index (Phi) is 2.88. The van der Waals surface area contributed by atoms with E-state index in [2.05, 4.69) is 15.5 Å². The molecule has 1 aromatic rings. The Labute approximate surface area is 94.6 Å². The summed E-state index contributed by atoms with van der Waals surface area (Å²) in [6.07, 6.45) is 5.68. The highest BCUT2D eigenvalue weighted by atomic mass is 16.5. The zero-order valence-electron chi connectivity index (χ0n) is 9.32. The molecule has 88 valence electrons. The van der Waals surface area contributed by atoms with Gasteiger partial charge in [-0.1, -0.05) is 6.42 Å². The molecule has 0 radical (unpaired) electrons. The van der Waals surface area contributed by atoms with Crippen LogP contribution in [0.3, 0.4) is 0 Å². The number of piperidine rings is 1. The highest BCUT2D eigenvalue weighted by molar-refractivity contribution is 4.94. The summed E-state index contributed by atoms with van der Waals surface area (Å²) >= 11 is 0. The van der Waals surface area contributed by atoms with E-state index in [1.165, 1.54) is 12.8 Å². The van der Waals surface area contributed by atoms with Crippen LogP contribution in [0.2, 0.25) is 0 Å². The zero-order chi connectivity index (χ0) is 10.8. The summed E-state index contributed by atoms with van der Waals surface area (Å²) in [4.78, 5) is 0. The van der Waals surface area contributed by atoms with Crippen LogP contribution in [0.25, 0.3) is 0 Å². The van der Waals surface area contributed by atoms with E-state index < -0.39 is 0 Å². The van der Waals surface area contributed by atoms with Crippen LogP contribution in [0.15, 0.2) is 4.42 Å². The third-order valence-electron chi connectivity index (χ3n) is 3.27. The zero-order valence-corrected chi connectivity index (χ0v) is 9.32. The molecule has 0 bridgehead atoms. The molecule has 2 saturated heterocycles. The van der Waals surface area contributed by atoms with Gasteiger partial charge in [-0.3, -0.25) is 0 Å². The Hall–Kier alpha value is -0.940. The summed E-state index contributed by atoms with van der Waals surface area (Å²) in [5.41, 5.74) is 0. The lowest BCUT2D eigenvalue weighted by molar-refractivity contribution is 0.0871. The number of nitrogens with zero attached hydrogens (tertiary/aromatic N) is 2. The first kappa shape index (κ1) is 10.2. The minimum atomic E-state index is 0.0323. The standard InChI is InChI=1S/C11H17N3O2/c1-2-6-12-8(4-1)10-13-14-11(16-10)9-5-3-7-15-9/h8-9,12H,1-7H2/t8-,9-/m1/s1. The minimum absolute atomic E-state index is 0.0323. The maximum absolute atomic E-state index is 5.70. The SMILES string of the molecule is C1CC[C@H](c2nnc([C@H]3CCCO3)o2)NC1. The van der Waals surface area contributed by atoms with E-state index in [-0.39, 0.29) is 12.1 Å². The summed E-state index contributed by atoms with van der Waals surface area (Å²) in [6.45, 7) is 1.85. The van der Waals surface area contributed by atoms with Crippen molar-refractivity contribution in [2.75, 3.05) is 13.2 Å². The van der Waals surface area contributed by atoms with Crippen LogP contribution in [0.5, 0.6) is 0 Å². The molecule has 0 spiro atoms. The Morgan fingerprint density at radius 2 is 2.00 bits per heavy atom. The van der Waals surface area contributed by atoms with Gasteiger partial charge in [0.15, 0.2) is 0 Å². The number of hydrogen-bond donors (Lipinski definition) is 1. The Morgan fingerprint density at radius 1 is 1.06 bits per heavy atom. The van der Waals surface area contributed by atoms with Crippen molar-refractivity contribution in [1.82, 2.24) is 15.5 Å². The summed E-state index contributed by atoms with van der Waals surface area (Å²) in [5, 5.41) is 11.6. The van der Waals surface area contributed by atoms with E-state index in [1.54, 1.807) is 0 Å².